The Bertz CT molecular complexity index is 500. The van der Waals surface area contributed by atoms with E-state index in [0.29, 0.717) is 13.2 Å². The maximum absolute atomic E-state index is 12.5. The van der Waals surface area contributed by atoms with Gasteiger partial charge in [-0.25, -0.2) is 0 Å². The number of ether oxygens (including phenoxy) is 2. The highest BCUT2D eigenvalue weighted by Crippen LogP contribution is 2.39. The van der Waals surface area contributed by atoms with E-state index in [1.807, 2.05) is 25.2 Å². The van der Waals surface area contributed by atoms with Crippen molar-refractivity contribution < 1.29 is 14.3 Å². The first-order valence-corrected chi connectivity index (χ1v) is 6.81. The van der Waals surface area contributed by atoms with E-state index in [2.05, 4.69) is 5.32 Å². The van der Waals surface area contributed by atoms with Gasteiger partial charge in [0.05, 0.1) is 5.69 Å². The zero-order valence-electron chi connectivity index (χ0n) is 12.5. The molecular weight excluding hydrogens is 256 g/mol. The number of carbonyl (C=O) groups is 1. The van der Waals surface area contributed by atoms with Crippen molar-refractivity contribution in [3.8, 4) is 5.75 Å². The van der Waals surface area contributed by atoms with Crippen LogP contribution in [0, 0.1) is 0 Å². The Kier molecular flexibility index (Phi) is 4.18. The molecule has 0 radical (unpaired) electrons. The molecule has 1 amide bonds. The van der Waals surface area contributed by atoms with Crippen LogP contribution in [0.25, 0.3) is 0 Å². The van der Waals surface area contributed by atoms with Gasteiger partial charge in [-0.1, -0.05) is 0 Å². The van der Waals surface area contributed by atoms with Gasteiger partial charge < -0.3 is 19.7 Å². The molecule has 1 heterocycles. The number of nitrogens with zero attached hydrogens (tertiary/aromatic N) is 1. The van der Waals surface area contributed by atoms with Crippen molar-refractivity contribution in [2.45, 2.75) is 25.9 Å². The summed E-state index contributed by atoms with van der Waals surface area (Å²) < 4.78 is 10.9. The standard InChI is InChI=1S/C15H22N2O3/c1-15(2)14(18)17(8-5-9-19-4)12-10-11(16-3)6-7-13(12)20-15/h6-7,10,16H,5,8-9H2,1-4H3. The second-order valence-electron chi connectivity index (χ2n) is 5.35. The molecule has 0 aromatic heterocycles. The Hall–Kier alpha value is -1.75. The van der Waals surface area contributed by atoms with Crippen LogP contribution in [-0.2, 0) is 9.53 Å². The molecule has 0 fully saturated rings. The molecule has 2 rings (SSSR count). The molecule has 5 nitrogen and oxygen atoms in total. The Labute approximate surface area is 119 Å². The minimum Gasteiger partial charge on any atom is -0.476 e. The lowest BCUT2D eigenvalue weighted by atomic mass is 10.0. The number of amides is 1. The van der Waals surface area contributed by atoms with Crippen molar-refractivity contribution in [2.24, 2.45) is 0 Å². The molecule has 1 N–H and O–H groups in total. The Morgan fingerprint density at radius 3 is 2.80 bits per heavy atom. The second-order valence-corrected chi connectivity index (χ2v) is 5.35. The minimum atomic E-state index is -0.832. The molecule has 0 bridgehead atoms. The number of carbonyl (C=O) groups excluding carboxylic acids is 1. The van der Waals surface area contributed by atoms with Crippen LogP contribution in [0.1, 0.15) is 20.3 Å². The van der Waals surface area contributed by atoms with Crippen LogP contribution in [0.3, 0.4) is 0 Å². The van der Waals surface area contributed by atoms with E-state index in [1.54, 1.807) is 25.9 Å². The third kappa shape index (κ3) is 2.72. The van der Waals surface area contributed by atoms with Crippen LogP contribution in [0.5, 0.6) is 5.75 Å². The van der Waals surface area contributed by atoms with Crippen molar-refractivity contribution in [1.82, 2.24) is 0 Å². The Morgan fingerprint density at radius 1 is 1.40 bits per heavy atom. The molecule has 0 spiro atoms. The number of hydrogen-bond donors (Lipinski definition) is 1. The van der Waals surface area contributed by atoms with Crippen molar-refractivity contribution in [3.63, 3.8) is 0 Å². The first kappa shape index (κ1) is 14.7. The molecule has 0 saturated carbocycles. The maximum Gasteiger partial charge on any atom is 0.270 e. The number of fused-ring (bicyclic) bond motifs is 1. The quantitative estimate of drug-likeness (QED) is 0.839. The first-order valence-electron chi connectivity index (χ1n) is 6.81. The van der Waals surface area contributed by atoms with Gasteiger partial charge in [-0.15, -0.1) is 0 Å². The summed E-state index contributed by atoms with van der Waals surface area (Å²) in [7, 11) is 3.52. The van der Waals surface area contributed by atoms with Crippen molar-refractivity contribution in [1.29, 1.82) is 0 Å². The fraction of sp³-hybridized carbons (Fsp3) is 0.533. The van der Waals surface area contributed by atoms with Gasteiger partial charge in [0.1, 0.15) is 5.75 Å². The van der Waals surface area contributed by atoms with E-state index >= 15 is 0 Å². The highest BCUT2D eigenvalue weighted by molar-refractivity contribution is 6.02. The molecule has 1 aromatic carbocycles. The van der Waals surface area contributed by atoms with E-state index in [9.17, 15) is 4.79 Å². The molecule has 0 saturated heterocycles. The average molecular weight is 278 g/mol. The lowest BCUT2D eigenvalue weighted by Crippen LogP contribution is -2.52. The summed E-state index contributed by atoms with van der Waals surface area (Å²) >= 11 is 0. The highest BCUT2D eigenvalue weighted by atomic mass is 16.5. The lowest BCUT2D eigenvalue weighted by molar-refractivity contribution is -0.132. The summed E-state index contributed by atoms with van der Waals surface area (Å²) in [5.41, 5.74) is 0.940. The monoisotopic (exact) mass is 278 g/mol. The van der Waals surface area contributed by atoms with Crippen LogP contribution >= 0.6 is 0 Å². The van der Waals surface area contributed by atoms with Crippen molar-refractivity contribution in [2.75, 3.05) is 37.5 Å². The Morgan fingerprint density at radius 2 is 2.15 bits per heavy atom. The van der Waals surface area contributed by atoms with Gasteiger partial charge in [0, 0.05) is 33.0 Å². The molecular formula is C15H22N2O3. The van der Waals surface area contributed by atoms with Crippen LogP contribution in [0.2, 0.25) is 0 Å². The van der Waals surface area contributed by atoms with Crippen LogP contribution in [0.4, 0.5) is 11.4 Å². The van der Waals surface area contributed by atoms with Gasteiger partial charge in [-0.3, -0.25) is 4.79 Å². The fourth-order valence-electron chi connectivity index (χ4n) is 2.31. The fourth-order valence-corrected chi connectivity index (χ4v) is 2.31. The van der Waals surface area contributed by atoms with Gasteiger partial charge in [0.15, 0.2) is 5.60 Å². The topological polar surface area (TPSA) is 50.8 Å². The summed E-state index contributed by atoms with van der Waals surface area (Å²) in [4.78, 5) is 14.3. The SMILES string of the molecule is CNc1ccc2c(c1)N(CCCOC)C(=O)C(C)(C)O2. The molecule has 0 aliphatic carbocycles. The van der Waals surface area contributed by atoms with Gasteiger partial charge in [0.2, 0.25) is 0 Å². The smallest absolute Gasteiger partial charge is 0.270 e. The van der Waals surface area contributed by atoms with Crippen LogP contribution in [-0.4, -0.2) is 38.8 Å². The number of anilines is 2. The summed E-state index contributed by atoms with van der Waals surface area (Å²) in [5, 5.41) is 3.08. The summed E-state index contributed by atoms with van der Waals surface area (Å²) in [6, 6.07) is 5.78. The van der Waals surface area contributed by atoms with Gasteiger partial charge in [0.25, 0.3) is 5.91 Å². The van der Waals surface area contributed by atoms with Gasteiger partial charge in [-0.05, 0) is 38.5 Å². The number of rotatable bonds is 5. The zero-order chi connectivity index (χ0) is 14.8. The maximum atomic E-state index is 12.5. The third-order valence-electron chi connectivity index (χ3n) is 3.39. The molecule has 1 aromatic rings. The van der Waals surface area contributed by atoms with Gasteiger partial charge in [-0.2, -0.15) is 0 Å². The minimum absolute atomic E-state index is 0.0191. The molecule has 0 unspecified atom stereocenters. The van der Waals surface area contributed by atoms with Crippen LogP contribution < -0.4 is 15.0 Å². The molecule has 1 aliphatic rings. The number of nitrogens with one attached hydrogen (secondary N) is 1. The predicted molar refractivity (Wildman–Crippen MR) is 79.5 cm³/mol. The number of methoxy groups -OCH3 is 1. The molecule has 20 heavy (non-hydrogen) atoms. The Balaban J connectivity index is 2.35. The van der Waals surface area contributed by atoms with Crippen molar-refractivity contribution in [3.05, 3.63) is 18.2 Å². The van der Waals surface area contributed by atoms with E-state index < -0.39 is 5.60 Å². The van der Waals surface area contributed by atoms with Gasteiger partial charge >= 0.3 is 0 Å². The average Bonchev–Trinajstić information content (AvgIpc) is 2.42. The first-order chi connectivity index (χ1) is 9.49. The predicted octanol–water partition coefficient (Wildman–Crippen LogP) is 2.27. The normalized spacial score (nSPS) is 16.6. The summed E-state index contributed by atoms with van der Waals surface area (Å²) in [5.74, 6) is 0.723. The number of benzene rings is 1. The number of hydrogen-bond acceptors (Lipinski definition) is 4. The van der Waals surface area contributed by atoms with Crippen molar-refractivity contribution >= 4 is 17.3 Å². The third-order valence-corrected chi connectivity index (χ3v) is 3.39. The van der Waals surface area contributed by atoms with E-state index in [1.165, 1.54) is 0 Å². The van der Waals surface area contributed by atoms with E-state index in [4.69, 9.17) is 9.47 Å². The molecule has 0 atom stereocenters. The molecule has 1 aliphatic heterocycles. The molecule has 110 valence electrons. The van der Waals surface area contributed by atoms with E-state index in [-0.39, 0.29) is 5.91 Å². The zero-order valence-corrected chi connectivity index (χ0v) is 12.5. The highest BCUT2D eigenvalue weighted by Gasteiger charge is 2.40. The largest absolute Gasteiger partial charge is 0.476 e. The molecule has 5 heteroatoms. The van der Waals surface area contributed by atoms with E-state index in [0.717, 1.165) is 23.5 Å². The second kappa shape index (κ2) is 5.71. The lowest BCUT2D eigenvalue weighted by Gasteiger charge is -2.39. The summed E-state index contributed by atoms with van der Waals surface area (Å²) in [6.07, 6.45) is 0.793. The van der Waals surface area contributed by atoms with Crippen LogP contribution in [0.15, 0.2) is 18.2 Å². The summed E-state index contributed by atoms with van der Waals surface area (Å²) in [6.45, 7) is 4.85.